The van der Waals surface area contributed by atoms with E-state index in [9.17, 15) is 9.90 Å². The smallest absolute Gasteiger partial charge is 0.331 e. The summed E-state index contributed by atoms with van der Waals surface area (Å²) >= 11 is 0. The number of unbranched alkanes of at least 4 members (excludes halogenated alkanes) is 3. The second kappa shape index (κ2) is 7.41. The monoisotopic (exact) mass is 370 g/mol. The molecule has 4 aliphatic carbocycles. The van der Waals surface area contributed by atoms with Gasteiger partial charge >= 0.3 is 5.97 Å². The number of carboxylic acid groups (broad SMARTS) is 1. The Kier molecular flexibility index (Phi) is 5.29. The number of carbonyl (C=O) groups is 1. The zero-order chi connectivity index (χ0) is 19.1. The molecule has 0 bridgehead atoms. The summed E-state index contributed by atoms with van der Waals surface area (Å²) in [5.74, 6) is 1.83. The highest BCUT2D eigenvalue weighted by molar-refractivity contribution is 5.87. The van der Waals surface area contributed by atoms with Crippen LogP contribution in [0, 0.1) is 28.6 Å². The zero-order valence-corrected chi connectivity index (χ0v) is 17.4. The van der Waals surface area contributed by atoms with Gasteiger partial charge in [0.25, 0.3) is 0 Å². The molecule has 0 aromatic heterocycles. The van der Waals surface area contributed by atoms with Crippen molar-refractivity contribution in [3.05, 3.63) is 23.3 Å². The highest BCUT2D eigenvalue weighted by atomic mass is 16.4. The minimum Gasteiger partial charge on any atom is -0.478 e. The third-order valence-electron chi connectivity index (χ3n) is 9.10. The van der Waals surface area contributed by atoms with Crippen LogP contribution in [0.4, 0.5) is 0 Å². The van der Waals surface area contributed by atoms with Gasteiger partial charge in [0.1, 0.15) is 0 Å². The number of rotatable bonds is 6. The van der Waals surface area contributed by atoms with Gasteiger partial charge in [0.15, 0.2) is 0 Å². The van der Waals surface area contributed by atoms with Crippen molar-refractivity contribution < 1.29 is 9.90 Å². The first kappa shape index (κ1) is 19.3. The van der Waals surface area contributed by atoms with Gasteiger partial charge in [0.05, 0.1) is 0 Å². The maximum absolute atomic E-state index is 11.5. The molecule has 4 aliphatic rings. The van der Waals surface area contributed by atoms with Gasteiger partial charge in [-0.3, -0.25) is 0 Å². The molecule has 0 heterocycles. The Bertz CT molecular complexity index is 645. The third-order valence-corrected chi connectivity index (χ3v) is 9.10. The van der Waals surface area contributed by atoms with E-state index in [4.69, 9.17) is 0 Å². The van der Waals surface area contributed by atoms with E-state index in [0.717, 1.165) is 30.6 Å². The van der Waals surface area contributed by atoms with Crippen molar-refractivity contribution in [1.29, 1.82) is 0 Å². The molecule has 5 atom stereocenters. The molecule has 2 saturated carbocycles. The van der Waals surface area contributed by atoms with Crippen molar-refractivity contribution >= 4 is 5.97 Å². The number of carboxylic acids is 1. The van der Waals surface area contributed by atoms with Gasteiger partial charge in [0, 0.05) is 5.57 Å². The molecule has 27 heavy (non-hydrogen) atoms. The molecule has 0 radical (unpaired) electrons. The highest BCUT2D eigenvalue weighted by Crippen LogP contribution is 2.65. The van der Waals surface area contributed by atoms with Crippen LogP contribution in [0.3, 0.4) is 0 Å². The summed E-state index contributed by atoms with van der Waals surface area (Å²) in [5.41, 5.74) is 2.84. The van der Waals surface area contributed by atoms with E-state index in [1.165, 1.54) is 76.2 Å². The lowest BCUT2D eigenvalue weighted by Crippen LogP contribution is -2.48. The van der Waals surface area contributed by atoms with Crippen LogP contribution in [-0.2, 0) is 4.79 Å². The van der Waals surface area contributed by atoms with Crippen molar-refractivity contribution in [2.45, 2.75) is 97.3 Å². The number of hydrogen-bond donors (Lipinski definition) is 1. The van der Waals surface area contributed by atoms with Gasteiger partial charge in [0.2, 0.25) is 0 Å². The summed E-state index contributed by atoms with van der Waals surface area (Å²) in [6, 6.07) is 0. The van der Waals surface area contributed by atoms with Crippen LogP contribution in [0.25, 0.3) is 0 Å². The molecule has 0 aromatic carbocycles. The van der Waals surface area contributed by atoms with Crippen LogP contribution >= 0.6 is 0 Å². The number of aliphatic carboxylic acids is 1. The molecule has 0 aliphatic heterocycles. The standard InChI is InChI=1S/C25H38O2/c1-3-4-5-6-13-25-14-7-8-22(25)20-10-9-19-17-18(23(26)27)11-15-24(19,2)21(20)12-16-25/h9,17,20-22H,3-8,10-16H2,1-2H3,(H,26,27)/t20-,21+,22+,24+,25+/m1/s1. The SMILES string of the molecule is CCCCCC[C@@]12CCC[C@H]1[C@@H]1CC=C3C=C(C(=O)O)CC[C@]3(C)[C@H]1CC2. The maximum Gasteiger partial charge on any atom is 0.331 e. The molecule has 2 heteroatoms. The summed E-state index contributed by atoms with van der Waals surface area (Å²) in [4.78, 5) is 11.5. The van der Waals surface area contributed by atoms with Crippen LogP contribution < -0.4 is 0 Å². The fraction of sp³-hybridized carbons (Fsp3) is 0.800. The summed E-state index contributed by atoms with van der Waals surface area (Å²) in [5, 5.41) is 9.43. The van der Waals surface area contributed by atoms with Crippen molar-refractivity contribution in [3.8, 4) is 0 Å². The topological polar surface area (TPSA) is 37.3 Å². The van der Waals surface area contributed by atoms with Crippen LogP contribution in [-0.4, -0.2) is 11.1 Å². The zero-order valence-electron chi connectivity index (χ0n) is 17.4. The Balaban J connectivity index is 1.55. The van der Waals surface area contributed by atoms with E-state index in [1.807, 2.05) is 6.08 Å². The number of allylic oxidation sites excluding steroid dienone is 3. The average molecular weight is 371 g/mol. The van der Waals surface area contributed by atoms with Crippen LogP contribution in [0.15, 0.2) is 23.3 Å². The Morgan fingerprint density at radius 2 is 2.00 bits per heavy atom. The number of hydrogen-bond acceptors (Lipinski definition) is 1. The van der Waals surface area contributed by atoms with Crippen molar-refractivity contribution in [1.82, 2.24) is 0 Å². The van der Waals surface area contributed by atoms with Crippen molar-refractivity contribution in [2.75, 3.05) is 0 Å². The predicted molar refractivity (Wildman–Crippen MR) is 111 cm³/mol. The predicted octanol–water partition coefficient (Wildman–Crippen LogP) is 6.91. The fourth-order valence-corrected chi connectivity index (χ4v) is 7.63. The molecular weight excluding hydrogens is 332 g/mol. The van der Waals surface area contributed by atoms with Gasteiger partial charge in [-0.15, -0.1) is 0 Å². The second-order valence-corrected chi connectivity index (χ2v) is 10.3. The molecule has 0 amide bonds. The Labute approximate surface area is 165 Å². The van der Waals surface area contributed by atoms with Crippen LogP contribution in [0.5, 0.6) is 0 Å². The molecule has 0 saturated heterocycles. The molecule has 4 rings (SSSR count). The van der Waals surface area contributed by atoms with E-state index in [2.05, 4.69) is 19.9 Å². The van der Waals surface area contributed by atoms with E-state index < -0.39 is 5.97 Å². The van der Waals surface area contributed by atoms with E-state index in [0.29, 0.717) is 11.0 Å². The Morgan fingerprint density at radius 1 is 1.15 bits per heavy atom. The molecule has 2 fully saturated rings. The molecular formula is C25H38O2. The van der Waals surface area contributed by atoms with Gasteiger partial charge in [-0.25, -0.2) is 4.79 Å². The summed E-state index contributed by atoms with van der Waals surface area (Å²) in [7, 11) is 0. The van der Waals surface area contributed by atoms with Gasteiger partial charge in [-0.2, -0.15) is 0 Å². The first-order valence-electron chi connectivity index (χ1n) is 11.6. The lowest BCUT2D eigenvalue weighted by molar-refractivity contribution is -0.133. The van der Waals surface area contributed by atoms with Crippen LogP contribution in [0.2, 0.25) is 0 Å². The summed E-state index contributed by atoms with van der Waals surface area (Å²) in [6.45, 7) is 4.76. The average Bonchev–Trinajstić information content (AvgIpc) is 3.09. The minimum atomic E-state index is -0.717. The fourth-order valence-electron chi connectivity index (χ4n) is 7.63. The third kappa shape index (κ3) is 3.21. The Hall–Kier alpha value is -1.05. The molecule has 0 unspecified atom stereocenters. The first-order chi connectivity index (χ1) is 13.0. The minimum absolute atomic E-state index is 0.221. The van der Waals surface area contributed by atoms with E-state index in [-0.39, 0.29) is 5.41 Å². The lowest BCUT2D eigenvalue weighted by Gasteiger charge is -2.57. The summed E-state index contributed by atoms with van der Waals surface area (Å²) < 4.78 is 0. The first-order valence-corrected chi connectivity index (χ1v) is 11.6. The largest absolute Gasteiger partial charge is 0.478 e. The summed E-state index contributed by atoms with van der Waals surface area (Å²) in [6.07, 6.45) is 21.7. The molecule has 1 N–H and O–H groups in total. The highest BCUT2D eigenvalue weighted by Gasteiger charge is 2.56. The van der Waals surface area contributed by atoms with E-state index >= 15 is 0 Å². The molecule has 0 aromatic rings. The maximum atomic E-state index is 11.5. The van der Waals surface area contributed by atoms with Gasteiger partial charge in [-0.1, -0.05) is 52.0 Å². The Morgan fingerprint density at radius 3 is 2.78 bits per heavy atom. The second-order valence-electron chi connectivity index (χ2n) is 10.3. The van der Waals surface area contributed by atoms with E-state index in [1.54, 1.807) is 0 Å². The molecule has 150 valence electrons. The molecule has 0 spiro atoms. The number of fused-ring (bicyclic) bond motifs is 5. The van der Waals surface area contributed by atoms with Crippen LogP contribution in [0.1, 0.15) is 97.3 Å². The normalized spacial score (nSPS) is 40.4. The molecule has 2 nitrogen and oxygen atoms in total. The van der Waals surface area contributed by atoms with Crippen molar-refractivity contribution in [2.24, 2.45) is 28.6 Å². The van der Waals surface area contributed by atoms with Gasteiger partial charge < -0.3 is 5.11 Å². The quantitative estimate of drug-likeness (QED) is 0.516. The lowest BCUT2D eigenvalue weighted by atomic mass is 9.48. The van der Waals surface area contributed by atoms with Gasteiger partial charge in [-0.05, 0) is 91.6 Å². The van der Waals surface area contributed by atoms with Crippen molar-refractivity contribution in [3.63, 3.8) is 0 Å².